The van der Waals surface area contributed by atoms with Gasteiger partial charge in [-0.25, -0.2) is 4.79 Å². The van der Waals surface area contributed by atoms with Crippen LogP contribution in [-0.4, -0.2) is 66.7 Å². The molecular formula is C15H20N4O3S. The second-order valence-electron chi connectivity index (χ2n) is 5.01. The van der Waals surface area contributed by atoms with Crippen molar-refractivity contribution in [1.82, 2.24) is 15.6 Å². The fraction of sp³-hybridized carbons (Fsp3) is 0.400. The summed E-state index contributed by atoms with van der Waals surface area (Å²) in [6.07, 6.45) is 1.58. The monoisotopic (exact) mass is 336 g/mol. The third kappa shape index (κ3) is 6.31. The topological polar surface area (TPSA) is 86.2 Å². The van der Waals surface area contributed by atoms with E-state index in [1.54, 1.807) is 18.3 Å². The molecule has 7 nitrogen and oxygen atoms in total. The van der Waals surface area contributed by atoms with E-state index in [0.29, 0.717) is 5.11 Å². The fourth-order valence-electron chi connectivity index (χ4n) is 2.07. The molecule has 8 heteroatoms. The summed E-state index contributed by atoms with van der Waals surface area (Å²) in [7, 11) is 0. The predicted octanol–water partition coefficient (Wildman–Crippen LogP) is 0.515. The number of aromatic carboxylic acids is 1. The number of nitrogens with zero attached hydrogens (tertiary/aromatic N) is 2. The van der Waals surface area contributed by atoms with Crippen molar-refractivity contribution < 1.29 is 14.6 Å². The summed E-state index contributed by atoms with van der Waals surface area (Å²) < 4.78 is 5.29. The predicted molar refractivity (Wildman–Crippen MR) is 92.0 cm³/mol. The highest BCUT2D eigenvalue weighted by molar-refractivity contribution is 7.80. The van der Waals surface area contributed by atoms with E-state index in [-0.39, 0.29) is 5.56 Å². The molecule has 0 bridgehead atoms. The van der Waals surface area contributed by atoms with Gasteiger partial charge in [0, 0.05) is 26.2 Å². The summed E-state index contributed by atoms with van der Waals surface area (Å²) >= 11 is 5.13. The first-order valence-corrected chi connectivity index (χ1v) is 7.76. The molecule has 1 saturated heterocycles. The molecule has 1 heterocycles. The van der Waals surface area contributed by atoms with Crippen molar-refractivity contribution in [2.75, 3.05) is 39.4 Å². The van der Waals surface area contributed by atoms with Gasteiger partial charge in [0.25, 0.3) is 0 Å². The molecule has 23 heavy (non-hydrogen) atoms. The van der Waals surface area contributed by atoms with Crippen LogP contribution in [0.3, 0.4) is 0 Å². The van der Waals surface area contributed by atoms with E-state index in [1.165, 1.54) is 12.1 Å². The van der Waals surface area contributed by atoms with Crippen LogP contribution in [0.25, 0.3) is 0 Å². The van der Waals surface area contributed by atoms with Gasteiger partial charge in [0.05, 0.1) is 25.0 Å². The van der Waals surface area contributed by atoms with Gasteiger partial charge in [0.15, 0.2) is 5.11 Å². The number of morpholine rings is 1. The molecule has 124 valence electrons. The lowest BCUT2D eigenvalue weighted by atomic mass is 10.1. The smallest absolute Gasteiger partial charge is 0.335 e. The fourth-order valence-corrected chi connectivity index (χ4v) is 2.22. The number of nitrogens with one attached hydrogen (secondary N) is 2. The number of hydrazone groups is 1. The number of carbonyl (C=O) groups is 1. The molecule has 0 amide bonds. The van der Waals surface area contributed by atoms with E-state index in [0.717, 1.165) is 45.0 Å². The Hall–Kier alpha value is -2.03. The van der Waals surface area contributed by atoms with Crippen molar-refractivity contribution in [3.8, 4) is 0 Å². The normalized spacial score (nSPS) is 15.5. The average molecular weight is 336 g/mol. The minimum Gasteiger partial charge on any atom is -0.478 e. The van der Waals surface area contributed by atoms with Gasteiger partial charge in [-0.2, -0.15) is 5.10 Å². The lowest BCUT2D eigenvalue weighted by Gasteiger charge is -2.26. The van der Waals surface area contributed by atoms with Crippen LogP contribution in [0.2, 0.25) is 0 Å². The molecule has 1 aliphatic heterocycles. The summed E-state index contributed by atoms with van der Waals surface area (Å²) in [5.74, 6) is -0.947. The van der Waals surface area contributed by atoms with Crippen LogP contribution in [0, 0.1) is 0 Å². The molecule has 1 aromatic carbocycles. The zero-order valence-corrected chi connectivity index (χ0v) is 13.5. The largest absolute Gasteiger partial charge is 0.478 e. The first-order valence-electron chi connectivity index (χ1n) is 7.35. The number of ether oxygens (including phenoxy) is 1. The molecule has 0 aromatic heterocycles. The molecule has 1 fully saturated rings. The van der Waals surface area contributed by atoms with Crippen molar-refractivity contribution in [2.24, 2.45) is 5.10 Å². The van der Waals surface area contributed by atoms with Gasteiger partial charge < -0.3 is 15.2 Å². The Morgan fingerprint density at radius 1 is 1.35 bits per heavy atom. The molecule has 0 spiro atoms. The van der Waals surface area contributed by atoms with E-state index in [1.807, 2.05) is 0 Å². The van der Waals surface area contributed by atoms with Crippen molar-refractivity contribution >= 4 is 29.5 Å². The number of rotatable bonds is 6. The first-order chi connectivity index (χ1) is 11.1. The molecule has 0 radical (unpaired) electrons. The number of carboxylic acids is 1. The summed E-state index contributed by atoms with van der Waals surface area (Å²) in [6.45, 7) is 5.13. The second kappa shape index (κ2) is 9.19. The molecule has 0 aliphatic carbocycles. The van der Waals surface area contributed by atoms with E-state index in [9.17, 15) is 4.79 Å². The van der Waals surface area contributed by atoms with Gasteiger partial charge in [-0.15, -0.1) is 0 Å². The van der Waals surface area contributed by atoms with Gasteiger partial charge in [-0.05, 0) is 29.9 Å². The Morgan fingerprint density at radius 3 is 2.70 bits per heavy atom. The van der Waals surface area contributed by atoms with Crippen LogP contribution in [0.4, 0.5) is 0 Å². The molecule has 0 saturated carbocycles. The van der Waals surface area contributed by atoms with Crippen LogP contribution in [0.15, 0.2) is 29.4 Å². The van der Waals surface area contributed by atoms with E-state index in [2.05, 4.69) is 20.7 Å². The number of benzene rings is 1. The van der Waals surface area contributed by atoms with Crippen molar-refractivity contribution in [3.63, 3.8) is 0 Å². The number of hydrogen-bond donors (Lipinski definition) is 3. The summed E-state index contributed by atoms with van der Waals surface area (Å²) in [5, 5.41) is 16.4. The van der Waals surface area contributed by atoms with Crippen molar-refractivity contribution in [2.45, 2.75) is 0 Å². The SMILES string of the molecule is O=C(O)c1ccc(C=NNC(=S)NCCN2CCOCC2)cc1. The zero-order chi connectivity index (χ0) is 16.5. The minimum absolute atomic E-state index is 0.246. The molecule has 0 unspecified atom stereocenters. The molecule has 0 atom stereocenters. The minimum atomic E-state index is -0.947. The summed E-state index contributed by atoms with van der Waals surface area (Å²) in [5.41, 5.74) is 3.77. The second-order valence-corrected chi connectivity index (χ2v) is 5.42. The zero-order valence-electron chi connectivity index (χ0n) is 12.7. The van der Waals surface area contributed by atoms with Crippen LogP contribution in [-0.2, 0) is 4.74 Å². The maximum absolute atomic E-state index is 10.7. The van der Waals surface area contributed by atoms with Gasteiger partial charge in [0.2, 0.25) is 0 Å². The van der Waals surface area contributed by atoms with Crippen molar-refractivity contribution in [1.29, 1.82) is 0 Å². The summed E-state index contributed by atoms with van der Waals surface area (Å²) in [4.78, 5) is 13.1. The van der Waals surface area contributed by atoms with Crippen LogP contribution >= 0.6 is 12.2 Å². The van der Waals surface area contributed by atoms with Gasteiger partial charge >= 0.3 is 5.97 Å². The quantitative estimate of drug-likeness (QED) is 0.396. The average Bonchev–Trinajstić information content (AvgIpc) is 2.56. The molecule has 2 rings (SSSR count). The number of hydrogen-bond acceptors (Lipinski definition) is 5. The standard InChI is InChI=1S/C15H20N4O3S/c20-14(21)13-3-1-12(2-4-13)11-17-18-15(23)16-5-6-19-7-9-22-10-8-19/h1-4,11H,5-10H2,(H,20,21)(H2,16,18,23). The first kappa shape index (κ1) is 17.3. The van der Waals surface area contributed by atoms with Gasteiger partial charge in [-0.3, -0.25) is 10.3 Å². The van der Waals surface area contributed by atoms with E-state index < -0.39 is 5.97 Å². The van der Waals surface area contributed by atoms with E-state index in [4.69, 9.17) is 22.1 Å². The third-order valence-electron chi connectivity index (χ3n) is 3.35. The summed E-state index contributed by atoms with van der Waals surface area (Å²) in [6, 6.07) is 6.43. The van der Waals surface area contributed by atoms with Gasteiger partial charge in [0.1, 0.15) is 0 Å². The van der Waals surface area contributed by atoms with Crippen LogP contribution in [0.5, 0.6) is 0 Å². The maximum atomic E-state index is 10.7. The Kier molecular flexibility index (Phi) is 6.92. The lowest BCUT2D eigenvalue weighted by Crippen LogP contribution is -2.42. The van der Waals surface area contributed by atoms with Crippen LogP contribution in [0.1, 0.15) is 15.9 Å². The Bertz CT molecular complexity index is 556. The molecule has 3 N–H and O–H groups in total. The third-order valence-corrected chi connectivity index (χ3v) is 3.59. The van der Waals surface area contributed by atoms with Crippen LogP contribution < -0.4 is 10.7 Å². The lowest BCUT2D eigenvalue weighted by molar-refractivity contribution is 0.0389. The maximum Gasteiger partial charge on any atom is 0.335 e. The number of carboxylic acid groups (broad SMARTS) is 1. The van der Waals surface area contributed by atoms with E-state index >= 15 is 0 Å². The highest BCUT2D eigenvalue weighted by Crippen LogP contribution is 2.02. The molecular weight excluding hydrogens is 316 g/mol. The highest BCUT2D eigenvalue weighted by atomic mass is 32.1. The molecule has 1 aliphatic rings. The Morgan fingerprint density at radius 2 is 2.04 bits per heavy atom. The molecule has 1 aromatic rings. The van der Waals surface area contributed by atoms with Crippen molar-refractivity contribution in [3.05, 3.63) is 35.4 Å². The highest BCUT2D eigenvalue weighted by Gasteiger charge is 2.09. The number of thiocarbonyl (C=S) groups is 1. The Labute approximate surface area is 140 Å². The van der Waals surface area contributed by atoms with Gasteiger partial charge in [-0.1, -0.05) is 12.1 Å². The Balaban J connectivity index is 1.65.